The van der Waals surface area contributed by atoms with Crippen LogP contribution in [0.1, 0.15) is 28.7 Å². The first-order valence-corrected chi connectivity index (χ1v) is 10.7. The molecule has 1 aromatic heterocycles. The first kappa shape index (κ1) is 20.7. The van der Waals surface area contributed by atoms with Gasteiger partial charge in [0.2, 0.25) is 5.91 Å². The van der Waals surface area contributed by atoms with Crippen LogP contribution in [0, 0.1) is 27.7 Å². The van der Waals surface area contributed by atoms with Crippen molar-refractivity contribution in [2.45, 2.75) is 45.6 Å². The first-order chi connectivity index (χ1) is 13.6. The number of carbonyl (C=O) groups excluding carboxylic acids is 1. The fraction of sp³-hybridized carbons (Fsp3) is 0.286. The lowest BCUT2D eigenvalue weighted by molar-refractivity contribution is -0.119. The van der Waals surface area contributed by atoms with Crippen LogP contribution in [0.25, 0.3) is 10.9 Å². The Kier molecular flexibility index (Phi) is 5.57. The van der Waals surface area contributed by atoms with Crippen LogP contribution in [0.2, 0.25) is 0 Å². The molecule has 0 saturated carbocycles. The summed E-state index contributed by atoms with van der Waals surface area (Å²) in [6, 6.07) is 8.84. The van der Waals surface area contributed by atoms with Crippen LogP contribution in [-0.2, 0) is 21.4 Å². The van der Waals surface area contributed by atoms with Crippen molar-refractivity contribution in [1.29, 1.82) is 0 Å². The van der Waals surface area contributed by atoms with Crippen molar-refractivity contribution in [3.63, 3.8) is 0 Å². The monoisotopic (exact) mass is 413 g/mol. The number of nitrogens with one attached hydrogen (secondary N) is 1. The Bertz CT molecular complexity index is 1250. The summed E-state index contributed by atoms with van der Waals surface area (Å²) in [6.45, 7) is 7.15. The van der Waals surface area contributed by atoms with Crippen molar-refractivity contribution in [2.24, 2.45) is 0 Å². The minimum Gasteiger partial charge on any atom is -0.298 e. The molecule has 29 heavy (non-hydrogen) atoms. The number of amides is 1. The summed E-state index contributed by atoms with van der Waals surface area (Å²) in [7, 11) is -4.02. The van der Waals surface area contributed by atoms with Gasteiger partial charge < -0.3 is 0 Å². The van der Waals surface area contributed by atoms with Crippen LogP contribution < -0.4 is 10.3 Å². The molecule has 3 aromatic rings. The molecule has 0 aliphatic rings. The maximum absolute atomic E-state index is 12.8. The van der Waals surface area contributed by atoms with Crippen LogP contribution >= 0.6 is 0 Å². The summed E-state index contributed by atoms with van der Waals surface area (Å²) in [5.41, 5.74) is 3.21. The minimum absolute atomic E-state index is 0.0306. The molecule has 2 aromatic carbocycles. The van der Waals surface area contributed by atoms with Gasteiger partial charge in [-0.3, -0.25) is 14.2 Å². The van der Waals surface area contributed by atoms with Gasteiger partial charge in [-0.05, 0) is 62.1 Å². The van der Waals surface area contributed by atoms with Crippen LogP contribution in [0.5, 0.6) is 0 Å². The average molecular weight is 413 g/mol. The normalized spacial score (nSPS) is 11.6. The van der Waals surface area contributed by atoms with Crippen molar-refractivity contribution in [2.75, 3.05) is 0 Å². The van der Waals surface area contributed by atoms with E-state index in [-0.39, 0.29) is 23.4 Å². The predicted molar refractivity (Wildman–Crippen MR) is 111 cm³/mol. The highest BCUT2D eigenvalue weighted by atomic mass is 32.2. The second kappa shape index (κ2) is 7.79. The zero-order valence-electron chi connectivity index (χ0n) is 16.8. The van der Waals surface area contributed by atoms with Gasteiger partial charge in [-0.25, -0.2) is 18.1 Å². The van der Waals surface area contributed by atoms with Gasteiger partial charge >= 0.3 is 0 Å². The Hall–Kier alpha value is -3.00. The molecule has 0 radical (unpaired) electrons. The van der Waals surface area contributed by atoms with Gasteiger partial charge in [-0.15, -0.1) is 0 Å². The number of carbonyl (C=O) groups is 1. The molecule has 1 N–H and O–H groups in total. The van der Waals surface area contributed by atoms with Crippen molar-refractivity contribution >= 4 is 26.8 Å². The van der Waals surface area contributed by atoms with Crippen LogP contribution in [0.15, 0.2) is 46.3 Å². The highest BCUT2D eigenvalue weighted by Gasteiger charge is 2.24. The van der Waals surface area contributed by atoms with Gasteiger partial charge in [0.05, 0.1) is 22.1 Å². The predicted octanol–water partition coefficient (Wildman–Crippen LogP) is 2.53. The molecule has 3 rings (SSSR count). The van der Waals surface area contributed by atoms with Crippen molar-refractivity contribution in [1.82, 2.24) is 14.3 Å². The van der Waals surface area contributed by atoms with E-state index >= 15 is 0 Å². The number of benzene rings is 2. The third kappa shape index (κ3) is 4.07. The fourth-order valence-corrected chi connectivity index (χ4v) is 4.96. The van der Waals surface area contributed by atoms with E-state index in [1.807, 2.05) is 19.9 Å². The van der Waals surface area contributed by atoms with E-state index in [1.54, 1.807) is 38.1 Å². The lowest BCUT2D eigenvalue weighted by Crippen LogP contribution is -2.33. The first-order valence-electron chi connectivity index (χ1n) is 9.19. The van der Waals surface area contributed by atoms with Crippen molar-refractivity contribution in [3.8, 4) is 0 Å². The molecule has 0 fully saturated rings. The van der Waals surface area contributed by atoms with E-state index in [1.165, 1.54) is 10.9 Å². The topological polar surface area (TPSA) is 98.1 Å². The Balaban J connectivity index is 1.80. The standard InChI is InChI=1S/C21H23N3O4S/c1-13-11-14(2)16(4)20(15(13)3)29(27,28)23-19(25)9-10-24-12-22-18-8-6-5-7-17(18)21(24)26/h5-8,11-12H,9-10H2,1-4H3,(H,23,25). The molecule has 7 nitrogen and oxygen atoms in total. The summed E-state index contributed by atoms with van der Waals surface area (Å²) in [5.74, 6) is -0.678. The number of hydrogen-bond donors (Lipinski definition) is 1. The van der Waals surface area contributed by atoms with Gasteiger partial charge in [0.25, 0.3) is 15.6 Å². The Morgan fingerprint density at radius 2 is 1.69 bits per heavy atom. The van der Waals surface area contributed by atoms with Crippen molar-refractivity contribution in [3.05, 3.63) is 69.3 Å². The van der Waals surface area contributed by atoms with E-state index in [4.69, 9.17) is 0 Å². The Morgan fingerprint density at radius 3 is 2.34 bits per heavy atom. The fourth-order valence-electron chi connectivity index (χ4n) is 3.32. The molecule has 0 saturated heterocycles. The largest absolute Gasteiger partial charge is 0.298 e. The van der Waals surface area contributed by atoms with Gasteiger partial charge in [0.1, 0.15) is 0 Å². The van der Waals surface area contributed by atoms with Crippen LogP contribution in [0.4, 0.5) is 0 Å². The number of hydrogen-bond acceptors (Lipinski definition) is 5. The molecular weight excluding hydrogens is 390 g/mol. The number of sulfonamides is 1. The molecule has 0 bridgehead atoms. The molecule has 0 atom stereocenters. The maximum atomic E-state index is 12.8. The van der Waals surface area contributed by atoms with Gasteiger partial charge in [-0.2, -0.15) is 0 Å². The summed E-state index contributed by atoms with van der Waals surface area (Å²) in [4.78, 5) is 29.2. The molecule has 1 heterocycles. The molecular formula is C21H23N3O4S. The van der Waals surface area contributed by atoms with Crippen LogP contribution in [-0.4, -0.2) is 23.9 Å². The second-order valence-electron chi connectivity index (χ2n) is 7.13. The Morgan fingerprint density at radius 1 is 1.07 bits per heavy atom. The molecule has 152 valence electrons. The summed E-state index contributed by atoms with van der Waals surface area (Å²) in [6.07, 6.45) is 1.20. The van der Waals surface area contributed by atoms with Crippen molar-refractivity contribution < 1.29 is 13.2 Å². The summed E-state index contributed by atoms with van der Waals surface area (Å²) in [5, 5.41) is 0.449. The molecule has 8 heteroatoms. The number of aromatic nitrogens is 2. The van der Waals surface area contributed by atoms with E-state index in [9.17, 15) is 18.0 Å². The number of rotatable bonds is 5. The highest BCUT2D eigenvalue weighted by molar-refractivity contribution is 7.90. The number of nitrogens with zero attached hydrogens (tertiary/aromatic N) is 2. The van der Waals surface area contributed by atoms with Gasteiger partial charge in [0.15, 0.2) is 0 Å². The van der Waals surface area contributed by atoms with E-state index in [0.717, 1.165) is 11.1 Å². The average Bonchev–Trinajstić information content (AvgIpc) is 2.66. The highest BCUT2D eigenvalue weighted by Crippen LogP contribution is 2.25. The maximum Gasteiger partial charge on any atom is 0.264 e. The number of aryl methyl sites for hydroxylation is 3. The molecule has 0 unspecified atom stereocenters. The molecule has 0 aliphatic heterocycles. The lowest BCUT2D eigenvalue weighted by atomic mass is 10.0. The SMILES string of the molecule is Cc1cc(C)c(C)c(S(=O)(=O)NC(=O)CCn2cnc3ccccc3c2=O)c1C. The van der Waals surface area contributed by atoms with Crippen LogP contribution in [0.3, 0.4) is 0 Å². The van der Waals surface area contributed by atoms with Gasteiger partial charge in [-0.1, -0.05) is 18.2 Å². The summed E-state index contributed by atoms with van der Waals surface area (Å²) >= 11 is 0. The molecule has 1 amide bonds. The second-order valence-corrected chi connectivity index (χ2v) is 8.75. The number of para-hydroxylation sites is 1. The molecule has 0 spiro atoms. The summed E-state index contributed by atoms with van der Waals surface area (Å²) < 4.78 is 29.1. The smallest absolute Gasteiger partial charge is 0.264 e. The number of fused-ring (bicyclic) bond motifs is 1. The quantitative estimate of drug-likeness (QED) is 0.693. The zero-order chi connectivity index (χ0) is 21.3. The third-order valence-electron chi connectivity index (χ3n) is 5.13. The molecule has 0 aliphatic carbocycles. The van der Waals surface area contributed by atoms with E-state index in [2.05, 4.69) is 9.71 Å². The Labute approximate surface area is 169 Å². The third-order valence-corrected chi connectivity index (χ3v) is 6.77. The lowest BCUT2D eigenvalue weighted by Gasteiger charge is -2.16. The van der Waals surface area contributed by atoms with Gasteiger partial charge in [0, 0.05) is 13.0 Å². The van der Waals surface area contributed by atoms with E-state index in [0.29, 0.717) is 22.0 Å². The zero-order valence-corrected chi connectivity index (χ0v) is 17.6. The van der Waals surface area contributed by atoms with E-state index < -0.39 is 15.9 Å². The minimum atomic E-state index is -4.02.